The maximum atomic E-state index is 5.67. The highest BCUT2D eigenvalue weighted by molar-refractivity contribution is 6.26. The molecule has 0 saturated heterocycles. The maximum absolute atomic E-state index is 5.67. The molecule has 0 bridgehead atoms. The third kappa shape index (κ3) is 6.23. The van der Waals surface area contributed by atoms with Gasteiger partial charge in [0.25, 0.3) is 0 Å². The van der Waals surface area contributed by atoms with Crippen molar-refractivity contribution in [3.05, 3.63) is 249 Å². The Labute approximate surface area is 434 Å². The lowest BCUT2D eigenvalue weighted by Crippen LogP contribution is -2.10. The number of benzene rings is 9. The zero-order chi connectivity index (χ0) is 49.8. The minimum absolute atomic E-state index is 0.494. The smallest absolute Gasteiger partial charge is 0.240 e. The first-order valence-electron chi connectivity index (χ1n) is 25.5. The van der Waals surface area contributed by atoms with Crippen LogP contribution in [-0.2, 0) is 0 Å². The van der Waals surface area contributed by atoms with Crippen LogP contribution in [0.25, 0.3) is 145 Å². The summed E-state index contributed by atoms with van der Waals surface area (Å²) in [6.07, 6.45) is 0. The van der Waals surface area contributed by atoms with E-state index in [2.05, 4.69) is 237 Å². The summed E-state index contributed by atoms with van der Waals surface area (Å²) in [6.45, 7) is 0. The lowest BCUT2D eigenvalue weighted by atomic mass is 10.1. The third-order valence-corrected chi connectivity index (χ3v) is 15.0. The first-order chi connectivity index (χ1) is 37.7. The van der Waals surface area contributed by atoms with Crippen LogP contribution < -0.4 is 0 Å². The molecule has 76 heavy (non-hydrogen) atoms. The fourth-order valence-electron chi connectivity index (χ4n) is 11.8. The Hall–Kier alpha value is -10.5. The van der Waals surface area contributed by atoms with Gasteiger partial charge in [-0.1, -0.05) is 194 Å². The van der Waals surface area contributed by atoms with E-state index in [-0.39, 0.29) is 0 Å². The van der Waals surface area contributed by atoms with E-state index in [0.29, 0.717) is 17.7 Å². The lowest BCUT2D eigenvalue weighted by Gasteiger charge is -2.14. The molecule has 0 saturated carbocycles. The average Bonchev–Trinajstić information content (AvgIpc) is 4.31. The van der Waals surface area contributed by atoms with Crippen molar-refractivity contribution in [2.75, 3.05) is 0 Å². The summed E-state index contributed by atoms with van der Waals surface area (Å²) in [5.74, 6) is 3.20. The van der Waals surface area contributed by atoms with Crippen LogP contribution in [-0.4, -0.2) is 43.2 Å². The van der Waals surface area contributed by atoms with Crippen molar-refractivity contribution in [1.29, 1.82) is 0 Å². The largest absolute Gasteiger partial charge is 0.293 e. The molecule has 0 fully saturated rings. The normalized spacial score (nSPS) is 11.9. The van der Waals surface area contributed by atoms with Crippen LogP contribution >= 0.6 is 0 Å². The van der Waals surface area contributed by atoms with E-state index in [9.17, 15) is 0 Å². The Morgan fingerprint density at radius 2 is 0.618 bits per heavy atom. The molecular weight excluding hydrogens is 931 g/mol. The Kier molecular flexibility index (Phi) is 9.13. The summed E-state index contributed by atoms with van der Waals surface area (Å²) < 4.78 is 9.11. The quantitative estimate of drug-likeness (QED) is 0.159. The molecule has 16 aromatic rings. The Balaban J connectivity index is 1.01. The van der Waals surface area contributed by atoms with E-state index in [4.69, 9.17) is 24.9 Å². The topological polar surface area (TPSA) is 84.2 Å². The fraction of sp³-hybridized carbons (Fsp3) is 0. The summed E-state index contributed by atoms with van der Waals surface area (Å²) in [6, 6.07) is 87.0. The molecule has 7 aromatic heterocycles. The van der Waals surface area contributed by atoms with Gasteiger partial charge in [-0.25, -0.2) is 9.97 Å². The zero-order valence-electron chi connectivity index (χ0n) is 40.7. The minimum Gasteiger partial charge on any atom is -0.293 e. The zero-order valence-corrected chi connectivity index (χ0v) is 40.7. The van der Waals surface area contributed by atoms with E-state index in [1.807, 2.05) is 30.3 Å². The van der Waals surface area contributed by atoms with Crippen molar-refractivity contribution in [2.45, 2.75) is 0 Å². The number of nitrogens with zero attached hydrogens (tertiary/aromatic N) is 9. The third-order valence-electron chi connectivity index (χ3n) is 15.0. The van der Waals surface area contributed by atoms with Gasteiger partial charge in [-0.3, -0.25) is 18.3 Å². The van der Waals surface area contributed by atoms with E-state index < -0.39 is 0 Å². The highest BCUT2D eigenvalue weighted by Gasteiger charge is 2.27. The molecule has 0 aliphatic rings. The predicted molar refractivity (Wildman–Crippen MR) is 309 cm³/mol. The van der Waals surface area contributed by atoms with E-state index in [0.717, 1.165) is 127 Å². The predicted octanol–water partition coefficient (Wildman–Crippen LogP) is 16.1. The van der Waals surface area contributed by atoms with Crippen molar-refractivity contribution in [3.8, 4) is 57.4 Å². The standard InChI is InChI=1S/C67H41N9/c1-4-20-42(21-5-1)52-30-18-36-59(68-52)74-54-32-14-10-26-45(54)48-40-41-58-61(62(48)74)51-29-13-17-35-57(51)73(58)66-70-65(44-24-8-3-9-25-44)71-67(72-66)76-56-34-16-12-28-47(56)50-39-38-49-46-27-11-15-33-55(46)75(63(49)64(50)76)60-37-19-31-53(69-60)43-22-6-2-7-23-43/h1-41H. The number of rotatable bonds is 7. The van der Waals surface area contributed by atoms with Gasteiger partial charge in [-0.2, -0.15) is 15.0 Å². The van der Waals surface area contributed by atoms with Crippen LogP contribution in [0, 0.1) is 0 Å². The van der Waals surface area contributed by atoms with Crippen LogP contribution in [0.2, 0.25) is 0 Å². The van der Waals surface area contributed by atoms with Gasteiger partial charge in [0.1, 0.15) is 11.6 Å². The van der Waals surface area contributed by atoms with Crippen molar-refractivity contribution < 1.29 is 0 Å². The minimum atomic E-state index is 0.494. The molecule has 0 spiro atoms. The molecule has 0 aliphatic heterocycles. The first-order valence-corrected chi connectivity index (χ1v) is 25.5. The SMILES string of the molecule is c1ccc(-c2cccc(-n3c4ccccc4c4ccc5c(c6ccccc6n5-c5nc(-c6ccccc6)nc(-n6c7ccccc7c7ccc8c9ccccc9n(-c9cccc(-c%10ccccc%10)n9)c8c76)n5)c43)n2)cc1. The van der Waals surface area contributed by atoms with E-state index in [1.165, 1.54) is 0 Å². The van der Waals surface area contributed by atoms with Crippen LogP contribution in [0.1, 0.15) is 0 Å². The van der Waals surface area contributed by atoms with Crippen LogP contribution in [0.15, 0.2) is 249 Å². The highest BCUT2D eigenvalue weighted by Crippen LogP contribution is 2.44. The van der Waals surface area contributed by atoms with Gasteiger partial charge in [0.05, 0.1) is 55.5 Å². The van der Waals surface area contributed by atoms with Gasteiger partial charge in [-0.15, -0.1) is 0 Å². The van der Waals surface area contributed by atoms with Gasteiger partial charge < -0.3 is 0 Å². The second-order valence-corrected chi connectivity index (χ2v) is 19.2. The molecule has 7 heterocycles. The van der Waals surface area contributed by atoms with Gasteiger partial charge in [-0.05, 0) is 54.6 Å². The molecule has 0 radical (unpaired) electrons. The number of fused-ring (bicyclic) bond motifs is 14. The number of aromatic nitrogens is 9. The summed E-state index contributed by atoms with van der Waals surface area (Å²) in [5, 5.41) is 8.81. The van der Waals surface area contributed by atoms with Crippen molar-refractivity contribution >= 4 is 87.2 Å². The molecule has 0 amide bonds. The molecule has 9 nitrogen and oxygen atoms in total. The summed E-state index contributed by atoms with van der Waals surface area (Å²) in [4.78, 5) is 27.4. The molecule has 354 valence electrons. The summed E-state index contributed by atoms with van der Waals surface area (Å²) >= 11 is 0. The van der Waals surface area contributed by atoms with Crippen LogP contribution in [0.4, 0.5) is 0 Å². The molecule has 0 atom stereocenters. The molecule has 9 aromatic carbocycles. The van der Waals surface area contributed by atoms with Crippen LogP contribution in [0.5, 0.6) is 0 Å². The van der Waals surface area contributed by atoms with Crippen molar-refractivity contribution in [1.82, 2.24) is 43.2 Å². The maximum Gasteiger partial charge on any atom is 0.240 e. The second kappa shape index (κ2) is 16.5. The van der Waals surface area contributed by atoms with Crippen LogP contribution in [0.3, 0.4) is 0 Å². The summed E-state index contributed by atoms with van der Waals surface area (Å²) in [7, 11) is 0. The number of hydrogen-bond acceptors (Lipinski definition) is 5. The van der Waals surface area contributed by atoms with Gasteiger partial charge >= 0.3 is 0 Å². The van der Waals surface area contributed by atoms with E-state index in [1.54, 1.807) is 0 Å². The Morgan fingerprint density at radius 1 is 0.224 bits per heavy atom. The Morgan fingerprint density at radius 3 is 1.16 bits per heavy atom. The molecule has 0 N–H and O–H groups in total. The molecule has 9 heteroatoms. The fourth-order valence-corrected chi connectivity index (χ4v) is 11.8. The average molecular weight is 972 g/mol. The monoisotopic (exact) mass is 971 g/mol. The molecular formula is C67H41N9. The van der Waals surface area contributed by atoms with E-state index >= 15 is 0 Å². The van der Waals surface area contributed by atoms with Crippen molar-refractivity contribution in [2.24, 2.45) is 0 Å². The second-order valence-electron chi connectivity index (χ2n) is 19.2. The Bertz CT molecular complexity index is 4990. The molecule has 0 aliphatic carbocycles. The molecule has 0 unspecified atom stereocenters. The number of pyridine rings is 2. The number of hydrogen-bond donors (Lipinski definition) is 0. The lowest BCUT2D eigenvalue weighted by molar-refractivity contribution is 0.893. The highest BCUT2D eigenvalue weighted by atomic mass is 15.3. The van der Waals surface area contributed by atoms with Gasteiger partial charge in [0.15, 0.2) is 5.82 Å². The first kappa shape index (κ1) is 42.0. The molecule has 16 rings (SSSR count). The number of para-hydroxylation sites is 4. The summed E-state index contributed by atoms with van der Waals surface area (Å²) in [5.41, 5.74) is 12.9. The van der Waals surface area contributed by atoms with Gasteiger partial charge in [0.2, 0.25) is 11.9 Å². The van der Waals surface area contributed by atoms with Crippen molar-refractivity contribution in [3.63, 3.8) is 0 Å². The van der Waals surface area contributed by atoms with Gasteiger partial charge in [0, 0.05) is 59.8 Å².